The Balaban J connectivity index is 1.93. The van der Waals surface area contributed by atoms with Crippen molar-refractivity contribution in [2.75, 3.05) is 79.2 Å². The fraction of sp³-hybridized carbons (Fsp3) is 0.955. The molecular weight excluding hydrogens is 352 g/mol. The molecule has 2 fully saturated rings. The molecule has 0 aliphatic carbocycles. The lowest BCUT2D eigenvalue weighted by Gasteiger charge is -2.37. The summed E-state index contributed by atoms with van der Waals surface area (Å²) in [4.78, 5) is 22.7. The van der Waals surface area contributed by atoms with Gasteiger partial charge in [-0.1, -0.05) is 20.8 Å². The van der Waals surface area contributed by atoms with E-state index in [2.05, 4.69) is 40.4 Å². The molecule has 0 saturated carbocycles. The molecule has 0 aromatic carbocycles. The van der Waals surface area contributed by atoms with Crippen LogP contribution in [0.5, 0.6) is 0 Å². The average molecular weight is 397 g/mol. The number of rotatable bonds is 12. The smallest absolute Gasteiger partial charge is 0.236 e. The van der Waals surface area contributed by atoms with Crippen LogP contribution in [-0.4, -0.2) is 111 Å². The molecule has 2 saturated heterocycles. The van der Waals surface area contributed by atoms with Gasteiger partial charge in [0.2, 0.25) is 5.91 Å². The summed E-state index contributed by atoms with van der Waals surface area (Å²) in [5.41, 5.74) is 0. The summed E-state index contributed by atoms with van der Waals surface area (Å²) in [5, 5.41) is 0. The fourth-order valence-electron chi connectivity index (χ4n) is 4.71. The van der Waals surface area contributed by atoms with Crippen LogP contribution < -0.4 is 0 Å². The number of hydrogen-bond acceptors (Lipinski definition) is 5. The Morgan fingerprint density at radius 1 is 1.04 bits per heavy atom. The fourth-order valence-corrected chi connectivity index (χ4v) is 4.71. The van der Waals surface area contributed by atoms with E-state index in [9.17, 15) is 4.79 Å². The van der Waals surface area contributed by atoms with Gasteiger partial charge < -0.3 is 14.5 Å². The molecule has 0 aromatic heterocycles. The maximum atomic E-state index is 13.2. The maximum Gasteiger partial charge on any atom is 0.236 e. The van der Waals surface area contributed by atoms with Gasteiger partial charge >= 0.3 is 0 Å². The Morgan fingerprint density at radius 3 is 2.36 bits per heavy atom. The topological polar surface area (TPSA) is 39.3 Å². The monoisotopic (exact) mass is 396 g/mol. The van der Waals surface area contributed by atoms with Gasteiger partial charge in [-0.3, -0.25) is 14.6 Å². The molecular formula is C22H44N4O2. The first-order valence-electron chi connectivity index (χ1n) is 11.6. The highest BCUT2D eigenvalue weighted by Gasteiger charge is 2.30. The Labute approximate surface area is 173 Å². The molecule has 0 N–H and O–H groups in total. The molecule has 0 spiro atoms. The van der Waals surface area contributed by atoms with Crippen LogP contribution in [-0.2, 0) is 9.53 Å². The van der Waals surface area contributed by atoms with E-state index in [0.717, 1.165) is 59.0 Å². The summed E-state index contributed by atoms with van der Waals surface area (Å²) in [6.45, 7) is 17.2. The van der Waals surface area contributed by atoms with E-state index in [1.54, 1.807) is 7.11 Å². The van der Waals surface area contributed by atoms with Crippen molar-refractivity contribution in [2.24, 2.45) is 5.92 Å². The van der Waals surface area contributed by atoms with Crippen molar-refractivity contribution in [3.63, 3.8) is 0 Å². The largest absolute Gasteiger partial charge is 0.383 e. The Hall–Kier alpha value is -0.690. The van der Waals surface area contributed by atoms with Gasteiger partial charge in [0.25, 0.3) is 0 Å². The molecule has 2 aliphatic heterocycles. The zero-order chi connectivity index (χ0) is 20.4. The highest BCUT2D eigenvalue weighted by atomic mass is 16.5. The van der Waals surface area contributed by atoms with Gasteiger partial charge in [-0.15, -0.1) is 0 Å². The average Bonchev–Trinajstić information content (AvgIpc) is 3.18. The number of nitrogens with zero attached hydrogens (tertiary/aromatic N) is 4. The van der Waals surface area contributed by atoms with E-state index in [0.29, 0.717) is 24.4 Å². The minimum atomic E-state index is 0.327. The highest BCUT2D eigenvalue weighted by molar-refractivity contribution is 5.78. The van der Waals surface area contributed by atoms with Crippen LogP contribution in [0.2, 0.25) is 0 Å². The second kappa shape index (κ2) is 12.8. The number of methoxy groups -OCH3 is 1. The Kier molecular flexibility index (Phi) is 10.8. The normalized spacial score (nSPS) is 22.2. The van der Waals surface area contributed by atoms with E-state index >= 15 is 0 Å². The van der Waals surface area contributed by atoms with Gasteiger partial charge in [-0.25, -0.2) is 0 Å². The zero-order valence-electron chi connectivity index (χ0n) is 18.9. The molecule has 28 heavy (non-hydrogen) atoms. The van der Waals surface area contributed by atoms with Gasteiger partial charge in [0.05, 0.1) is 13.2 Å². The second-order valence-corrected chi connectivity index (χ2v) is 8.46. The maximum absolute atomic E-state index is 13.2. The van der Waals surface area contributed by atoms with Crippen LogP contribution in [0.1, 0.15) is 46.5 Å². The van der Waals surface area contributed by atoms with Crippen LogP contribution in [0.3, 0.4) is 0 Å². The quantitative estimate of drug-likeness (QED) is 0.505. The van der Waals surface area contributed by atoms with Crippen molar-refractivity contribution >= 4 is 5.91 Å². The zero-order valence-corrected chi connectivity index (χ0v) is 18.9. The molecule has 0 aromatic rings. The number of ether oxygens (including phenoxy) is 1. The Morgan fingerprint density at radius 2 is 1.75 bits per heavy atom. The van der Waals surface area contributed by atoms with Crippen LogP contribution in [0.4, 0.5) is 0 Å². The molecule has 1 atom stereocenters. The number of carbonyl (C=O) groups excluding carboxylic acids is 1. The van der Waals surface area contributed by atoms with E-state index < -0.39 is 0 Å². The number of carbonyl (C=O) groups is 1. The molecule has 0 unspecified atom stereocenters. The van der Waals surface area contributed by atoms with Gasteiger partial charge in [0.15, 0.2) is 0 Å². The second-order valence-electron chi connectivity index (χ2n) is 8.46. The lowest BCUT2D eigenvalue weighted by Crippen LogP contribution is -2.49. The summed E-state index contributed by atoms with van der Waals surface area (Å²) >= 11 is 0. The first-order chi connectivity index (χ1) is 13.6. The van der Waals surface area contributed by atoms with E-state index in [1.807, 2.05) is 0 Å². The van der Waals surface area contributed by atoms with Gasteiger partial charge in [0, 0.05) is 32.8 Å². The lowest BCUT2D eigenvalue weighted by atomic mass is 9.95. The first-order valence-corrected chi connectivity index (χ1v) is 11.6. The number of piperidine rings is 1. The molecule has 6 heteroatoms. The van der Waals surface area contributed by atoms with Crippen LogP contribution in [0.15, 0.2) is 0 Å². The van der Waals surface area contributed by atoms with Crippen molar-refractivity contribution in [3.8, 4) is 0 Å². The van der Waals surface area contributed by atoms with Crippen molar-refractivity contribution in [2.45, 2.75) is 52.5 Å². The summed E-state index contributed by atoms with van der Waals surface area (Å²) in [5.74, 6) is 0.962. The number of likely N-dealkylation sites (tertiary alicyclic amines) is 2. The highest BCUT2D eigenvalue weighted by Crippen LogP contribution is 2.22. The van der Waals surface area contributed by atoms with Crippen LogP contribution in [0.25, 0.3) is 0 Å². The minimum absolute atomic E-state index is 0.327. The molecule has 6 nitrogen and oxygen atoms in total. The van der Waals surface area contributed by atoms with Crippen molar-refractivity contribution in [1.29, 1.82) is 0 Å². The van der Waals surface area contributed by atoms with E-state index in [4.69, 9.17) is 4.74 Å². The van der Waals surface area contributed by atoms with Crippen molar-refractivity contribution in [3.05, 3.63) is 0 Å². The molecule has 0 radical (unpaired) electrons. The lowest BCUT2D eigenvalue weighted by molar-refractivity contribution is -0.134. The summed E-state index contributed by atoms with van der Waals surface area (Å²) in [7, 11) is 1.77. The third-order valence-corrected chi connectivity index (χ3v) is 6.74. The summed E-state index contributed by atoms with van der Waals surface area (Å²) in [6, 6.07) is 0.549. The van der Waals surface area contributed by atoms with Crippen molar-refractivity contribution in [1.82, 2.24) is 19.6 Å². The third-order valence-electron chi connectivity index (χ3n) is 6.74. The molecule has 0 bridgehead atoms. The molecule has 2 rings (SSSR count). The molecule has 2 aliphatic rings. The predicted molar refractivity (Wildman–Crippen MR) is 116 cm³/mol. The number of likely N-dealkylation sites (N-methyl/N-ethyl adjacent to an activating group) is 2. The first kappa shape index (κ1) is 23.6. The molecule has 164 valence electrons. The minimum Gasteiger partial charge on any atom is -0.383 e. The summed E-state index contributed by atoms with van der Waals surface area (Å²) < 4.78 is 5.22. The van der Waals surface area contributed by atoms with Gasteiger partial charge in [-0.2, -0.15) is 0 Å². The predicted octanol–water partition coefficient (Wildman–Crippen LogP) is 2.00. The van der Waals surface area contributed by atoms with Crippen LogP contribution in [0, 0.1) is 5.92 Å². The third kappa shape index (κ3) is 7.29. The van der Waals surface area contributed by atoms with Crippen LogP contribution >= 0.6 is 0 Å². The van der Waals surface area contributed by atoms with E-state index in [1.165, 1.54) is 32.2 Å². The SMILES string of the molecule is CCN(CC)CC(=O)N(CC1CCN(CCOC)CC1)C[C@H]1CCCN1CC. The molecule has 1 amide bonds. The Bertz CT molecular complexity index is 436. The van der Waals surface area contributed by atoms with Gasteiger partial charge in [0.1, 0.15) is 0 Å². The standard InChI is InChI=1S/C22H44N4O2/c1-5-23(6-2)19-22(27)26(18-21-9-8-12-25(21)7-3)17-20-10-13-24(14-11-20)15-16-28-4/h20-21H,5-19H2,1-4H3/t21-/m1/s1. The van der Waals surface area contributed by atoms with Gasteiger partial charge in [-0.05, 0) is 70.9 Å². The number of hydrogen-bond donors (Lipinski definition) is 0. The van der Waals surface area contributed by atoms with E-state index in [-0.39, 0.29) is 0 Å². The van der Waals surface area contributed by atoms with Crippen molar-refractivity contribution < 1.29 is 9.53 Å². The number of amides is 1. The summed E-state index contributed by atoms with van der Waals surface area (Å²) in [6.07, 6.45) is 4.90. The molecule has 2 heterocycles.